The van der Waals surface area contributed by atoms with Crippen LogP contribution in [0.2, 0.25) is 0 Å². The van der Waals surface area contributed by atoms with Gasteiger partial charge in [0.2, 0.25) is 0 Å². The summed E-state index contributed by atoms with van der Waals surface area (Å²) < 4.78 is 2.24. The van der Waals surface area contributed by atoms with Gasteiger partial charge in [-0.25, -0.2) is 0 Å². The summed E-state index contributed by atoms with van der Waals surface area (Å²) >= 11 is 0. The first kappa shape index (κ1) is 29.9. The summed E-state index contributed by atoms with van der Waals surface area (Å²) in [6.45, 7) is 16.5. The molecule has 0 spiro atoms. The van der Waals surface area contributed by atoms with Crippen LogP contribution in [-0.4, -0.2) is 4.57 Å². The molecule has 0 atom stereocenters. The highest BCUT2D eigenvalue weighted by Crippen LogP contribution is 2.31. The van der Waals surface area contributed by atoms with Crippen LogP contribution in [0.25, 0.3) is 21.8 Å². The lowest BCUT2D eigenvalue weighted by molar-refractivity contribution is 0.949. The number of hydrogen-bond donors (Lipinski definition) is 0. The third-order valence-electron chi connectivity index (χ3n) is 6.81. The molecule has 0 fully saturated rings. The molecule has 1 aliphatic carbocycles. The highest BCUT2D eigenvalue weighted by atomic mass is 14.9. The molecule has 0 unspecified atom stereocenters. The molecule has 196 valence electrons. The molecule has 1 nitrogen and oxygen atoms in total. The minimum Gasteiger partial charge on any atom is -0.344 e. The van der Waals surface area contributed by atoms with E-state index in [1.807, 2.05) is 41.5 Å². The van der Waals surface area contributed by atoms with Crippen molar-refractivity contribution in [2.24, 2.45) is 7.05 Å². The molecule has 0 amide bonds. The lowest BCUT2D eigenvalue weighted by Gasteiger charge is -2.23. The Bertz CT molecular complexity index is 1330. The van der Waals surface area contributed by atoms with Gasteiger partial charge in [-0.1, -0.05) is 121 Å². The lowest BCUT2D eigenvalue weighted by atomic mass is 9.81. The summed E-state index contributed by atoms with van der Waals surface area (Å²) in [7, 11) is 2.12. The van der Waals surface area contributed by atoms with E-state index in [0.29, 0.717) is 0 Å². The van der Waals surface area contributed by atoms with Gasteiger partial charge in [-0.15, -0.1) is 0 Å². The molecule has 5 aromatic rings. The summed E-state index contributed by atoms with van der Waals surface area (Å²) in [6.07, 6.45) is 3.38. The first-order chi connectivity index (χ1) is 18.2. The van der Waals surface area contributed by atoms with E-state index < -0.39 is 0 Å². The van der Waals surface area contributed by atoms with Crippen LogP contribution < -0.4 is 0 Å². The van der Waals surface area contributed by atoms with E-state index in [0.717, 1.165) is 19.3 Å². The van der Waals surface area contributed by atoms with E-state index in [2.05, 4.69) is 110 Å². The molecule has 0 N–H and O–H groups in total. The van der Waals surface area contributed by atoms with Gasteiger partial charge in [0.1, 0.15) is 0 Å². The first-order valence-corrected chi connectivity index (χ1v) is 14.3. The number of benzene rings is 4. The Kier molecular flexibility index (Phi) is 12.2. The fourth-order valence-corrected chi connectivity index (χ4v) is 5.09. The molecule has 0 saturated carbocycles. The summed E-state index contributed by atoms with van der Waals surface area (Å²) in [5.41, 5.74) is 11.8. The fraction of sp³-hybridized carbons (Fsp3) is 0.333. The van der Waals surface area contributed by atoms with Crippen LogP contribution in [0.5, 0.6) is 0 Å². The molecule has 0 aliphatic heterocycles. The molecule has 0 radical (unpaired) electrons. The monoisotopic (exact) mass is 493 g/mol. The standard InChI is InChI=1S/C17H18.C13H11N.3C2H6/c1-3-13-7-5-9-15-10-14-8-4-6-12(2)16(14)11-17(13)15;1-14-12-8-4-2-6-10(12)11-7-3-5-9-13(11)14;3*1-2/h4-9H,3,10-11H2,1-2H3;2-9H,1H3;3*1-2H3. The number of aromatic nitrogens is 1. The highest BCUT2D eigenvalue weighted by molar-refractivity contribution is 6.07. The minimum atomic E-state index is 1.11. The van der Waals surface area contributed by atoms with Crippen LogP contribution in [0.4, 0.5) is 0 Å². The van der Waals surface area contributed by atoms with Gasteiger partial charge in [-0.3, -0.25) is 0 Å². The van der Waals surface area contributed by atoms with Crippen LogP contribution in [0, 0.1) is 6.92 Å². The molecular formula is C36H47N. The van der Waals surface area contributed by atoms with Gasteiger partial charge in [-0.05, 0) is 71.7 Å². The van der Waals surface area contributed by atoms with Gasteiger partial charge in [-0.2, -0.15) is 0 Å². The second-order valence-corrected chi connectivity index (χ2v) is 8.57. The molecule has 0 saturated heterocycles. The molecule has 37 heavy (non-hydrogen) atoms. The average Bonchev–Trinajstić information content (AvgIpc) is 3.27. The highest BCUT2D eigenvalue weighted by Gasteiger charge is 2.18. The smallest absolute Gasteiger partial charge is 0.0488 e. The Morgan fingerprint density at radius 3 is 1.59 bits per heavy atom. The van der Waals surface area contributed by atoms with Crippen molar-refractivity contribution in [1.29, 1.82) is 0 Å². The van der Waals surface area contributed by atoms with Crippen LogP contribution >= 0.6 is 0 Å². The van der Waals surface area contributed by atoms with Crippen molar-refractivity contribution in [3.63, 3.8) is 0 Å². The van der Waals surface area contributed by atoms with Gasteiger partial charge >= 0.3 is 0 Å². The SMILES string of the molecule is CC.CC.CC.CCc1cccc2c1Cc1c(C)cccc1C2.Cn1c2ccccc2c2ccccc21. The van der Waals surface area contributed by atoms with Gasteiger partial charge in [0.25, 0.3) is 0 Å². The third kappa shape index (κ3) is 6.52. The van der Waals surface area contributed by atoms with Crippen molar-refractivity contribution in [2.75, 3.05) is 0 Å². The number of para-hydroxylation sites is 2. The van der Waals surface area contributed by atoms with Gasteiger partial charge < -0.3 is 4.57 Å². The fourth-order valence-electron chi connectivity index (χ4n) is 5.09. The average molecular weight is 494 g/mol. The van der Waals surface area contributed by atoms with Crippen LogP contribution in [0.3, 0.4) is 0 Å². The Hall–Kier alpha value is -3.32. The molecule has 0 bridgehead atoms. The zero-order valence-corrected chi connectivity index (χ0v) is 24.7. The van der Waals surface area contributed by atoms with Crippen molar-refractivity contribution in [3.05, 3.63) is 118 Å². The number of aryl methyl sites for hydroxylation is 3. The maximum atomic E-state index is 2.29. The Labute approximate surface area is 226 Å². The molecular weight excluding hydrogens is 446 g/mol. The van der Waals surface area contributed by atoms with Crippen molar-refractivity contribution in [1.82, 2.24) is 4.57 Å². The molecule has 1 aromatic heterocycles. The Morgan fingerprint density at radius 1 is 0.568 bits per heavy atom. The van der Waals surface area contributed by atoms with Crippen molar-refractivity contribution < 1.29 is 0 Å². The molecule has 1 heterocycles. The normalized spacial score (nSPS) is 10.7. The second-order valence-electron chi connectivity index (χ2n) is 8.57. The number of rotatable bonds is 1. The number of hydrogen-bond acceptors (Lipinski definition) is 0. The van der Waals surface area contributed by atoms with Crippen molar-refractivity contribution >= 4 is 21.8 Å². The van der Waals surface area contributed by atoms with E-state index in [1.54, 1.807) is 11.1 Å². The zero-order chi connectivity index (χ0) is 27.4. The van der Waals surface area contributed by atoms with E-state index in [4.69, 9.17) is 0 Å². The number of fused-ring (bicyclic) bond motifs is 5. The van der Waals surface area contributed by atoms with Gasteiger partial charge in [0.15, 0.2) is 0 Å². The summed E-state index contributed by atoms with van der Waals surface area (Å²) in [5, 5.41) is 2.68. The van der Waals surface area contributed by atoms with E-state index in [9.17, 15) is 0 Å². The quantitative estimate of drug-likeness (QED) is 0.215. The third-order valence-corrected chi connectivity index (χ3v) is 6.81. The molecule has 4 aromatic carbocycles. The zero-order valence-electron chi connectivity index (χ0n) is 24.7. The lowest BCUT2D eigenvalue weighted by Crippen LogP contribution is -2.11. The predicted octanol–water partition coefficient (Wildman–Crippen LogP) is 10.5. The summed E-state index contributed by atoms with van der Waals surface area (Å²) in [4.78, 5) is 0. The van der Waals surface area contributed by atoms with Crippen molar-refractivity contribution in [2.45, 2.75) is 74.7 Å². The largest absolute Gasteiger partial charge is 0.344 e. The maximum Gasteiger partial charge on any atom is 0.0488 e. The summed E-state index contributed by atoms with van der Waals surface area (Å²) in [5.74, 6) is 0. The first-order valence-electron chi connectivity index (χ1n) is 14.3. The van der Waals surface area contributed by atoms with E-state index in [1.165, 1.54) is 44.1 Å². The van der Waals surface area contributed by atoms with Crippen LogP contribution in [0.1, 0.15) is 81.8 Å². The number of nitrogens with zero attached hydrogens (tertiary/aromatic N) is 1. The Balaban J connectivity index is 0.000000219. The van der Waals surface area contributed by atoms with Crippen LogP contribution in [0.15, 0.2) is 84.9 Å². The van der Waals surface area contributed by atoms with Crippen molar-refractivity contribution in [3.8, 4) is 0 Å². The van der Waals surface area contributed by atoms with Gasteiger partial charge in [0.05, 0.1) is 0 Å². The maximum absolute atomic E-state index is 2.29. The van der Waals surface area contributed by atoms with E-state index in [-0.39, 0.29) is 0 Å². The predicted molar refractivity (Wildman–Crippen MR) is 167 cm³/mol. The minimum absolute atomic E-state index is 1.11. The molecule has 6 rings (SSSR count). The van der Waals surface area contributed by atoms with E-state index >= 15 is 0 Å². The molecule has 1 heteroatoms. The summed E-state index contributed by atoms with van der Waals surface area (Å²) in [6, 6.07) is 30.5. The molecule has 1 aliphatic rings. The Morgan fingerprint density at radius 2 is 1.05 bits per heavy atom. The topological polar surface area (TPSA) is 4.93 Å². The second kappa shape index (κ2) is 15.1. The van der Waals surface area contributed by atoms with Crippen LogP contribution in [-0.2, 0) is 26.3 Å². The van der Waals surface area contributed by atoms with Gasteiger partial charge in [0, 0.05) is 28.9 Å².